The van der Waals surface area contributed by atoms with Gasteiger partial charge in [-0.1, -0.05) is 19.1 Å². The average molecular weight is 256 g/mol. The van der Waals surface area contributed by atoms with E-state index < -0.39 is 0 Å². The summed E-state index contributed by atoms with van der Waals surface area (Å²) in [6.45, 7) is 6.47. The molecule has 1 fully saturated rings. The molecule has 1 atom stereocenters. The first-order valence-electron chi connectivity index (χ1n) is 7.01. The van der Waals surface area contributed by atoms with Crippen molar-refractivity contribution in [2.45, 2.75) is 32.6 Å². The van der Waals surface area contributed by atoms with Gasteiger partial charge in [0.2, 0.25) is 0 Å². The lowest BCUT2D eigenvalue weighted by Gasteiger charge is -2.16. The number of allylic oxidation sites excluding steroid dienone is 2. The summed E-state index contributed by atoms with van der Waals surface area (Å²) in [5.41, 5.74) is 2.18. The van der Waals surface area contributed by atoms with E-state index in [4.69, 9.17) is 4.98 Å². The fraction of sp³-hybridized carbons (Fsp3) is 0.467. The summed E-state index contributed by atoms with van der Waals surface area (Å²) in [5.74, 6) is 1.43. The SMILES string of the molecule is C/C=C\C(C)c1cnn2ccc(N3CCCC3)nc12. The highest BCUT2D eigenvalue weighted by molar-refractivity contribution is 5.54. The van der Waals surface area contributed by atoms with Crippen LogP contribution in [-0.4, -0.2) is 27.7 Å². The minimum Gasteiger partial charge on any atom is -0.357 e. The minimum atomic E-state index is 0.351. The smallest absolute Gasteiger partial charge is 0.161 e. The van der Waals surface area contributed by atoms with Crippen molar-refractivity contribution in [2.24, 2.45) is 0 Å². The van der Waals surface area contributed by atoms with Crippen LogP contribution >= 0.6 is 0 Å². The Morgan fingerprint density at radius 3 is 2.84 bits per heavy atom. The summed E-state index contributed by atoms with van der Waals surface area (Å²) in [7, 11) is 0. The third-order valence-electron chi connectivity index (χ3n) is 3.78. The number of aromatic nitrogens is 3. The van der Waals surface area contributed by atoms with Crippen LogP contribution in [0.5, 0.6) is 0 Å². The molecule has 3 heterocycles. The fourth-order valence-electron chi connectivity index (χ4n) is 2.71. The van der Waals surface area contributed by atoms with Crippen molar-refractivity contribution in [3.63, 3.8) is 0 Å². The first-order chi connectivity index (χ1) is 9.29. The van der Waals surface area contributed by atoms with E-state index >= 15 is 0 Å². The van der Waals surface area contributed by atoms with Crippen LogP contribution in [0, 0.1) is 0 Å². The van der Waals surface area contributed by atoms with Crippen molar-refractivity contribution in [1.29, 1.82) is 0 Å². The lowest BCUT2D eigenvalue weighted by molar-refractivity contribution is 0.896. The molecule has 4 nitrogen and oxygen atoms in total. The number of hydrogen-bond donors (Lipinski definition) is 0. The Labute approximate surface area is 113 Å². The Morgan fingerprint density at radius 2 is 2.11 bits per heavy atom. The van der Waals surface area contributed by atoms with Crippen molar-refractivity contribution in [1.82, 2.24) is 14.6 Å². The van der Waals surface area contributed by atoms with E-state index in [9.17, 15) is 0 Å². The molecule has 19 heavy (non-hydrogen) atoms. The van der Waals surface area contributed by atoms with E-state index in [1.165, 1.54) is 18.4 Å². The summed E-state index contributed by atoms with van der Waals surface area (Å²) < 4.78 is 1.87. The molecule has 0 aliphatic carbocycles. The number of hydrogen-bond acceptors (Lipinski definition) is 3. The van der Waals surface area contributed by atoms with E-state index in [0.717, 1.165) is 24.6 Å². The van der Waals surface area contributed by atoms with Gasteiger partial charge in [-0.3, -0.25) is 0 Å². The summed E-state index contributed by atoms with van der Waals surface area (Å²) >= 11 is 0. The second-order valence-electron chi connectivity index (χ2n) is 5.16. The van der Waals surface area contributed by atoms with Gasteiger partial charge in [0.1, 0.15) is 5.82 Å². The van der Waals surface area contributed by atoms with Gasteiger partial charge < -0.3 is 4.90 Å². The molecule has 0 bridgehead atoms. The molecule has 1 saturated heterocycles. The van der Waals surface area contributed by atoms with Gasteiger partial charge in [-0.2, -0.15) is 5.10 Å². The number of fused-ring (bicyclic) bond motifs is 1. The van der Waals surface area contributed by atoms with Crippen LogP contribution in [0.15, 0.2) is 30.6 Å². The highest BCUT2D eigenvalue weighted by Gasteiger charge is 2.16. The van der Waals surface area contributed by atoms with Gasteiger partial charge in [-0.25, -0.2) is 9.50 Å². The van der Waals surface area contributed by atoms with E-state index in [2.05, 4.69) is 35.1 Å². The molecule has 100 valence electrons. The van der Waals surface area contributed by atoms with Gasteiger partial charge in [-0.05, 0) is 25.8 Å². The van der Waals surface area contributed by atoms with Crippen LogP contribution in [0.3, 0.4) is 0 Å². The molecule has 0 aromatic carbocycles. The lowest BCUT2D eigenvalue weighted by Crippen LogP contribution is -2.19. The molecule has 1 aliphatic rings. The molecule has 0 saturated carbocycles. The van der Waals surface area contributed by atoms with Crippen molar-refractivity contribution >= 4 is 11.5 Å². The number of nitrogens with zero attached hydrogens (tertiary/aromatic N) is 4. The van der Waals surface area contributed by atoms with Crippen LogP contribution in [0.1, 0.15) is 38.2 Å². The van der Waals surface area contributed by atoms with Crippen molar-refractivity contribution < 1.29 is 0 Å². The normalized spacial score (nSPS) is 17.7. The third-order valence-corrected chi connectivity index (χ3v) is 3.78. The number of rotatable bonds is 3. The van der Waals surface area contributed by atoms with E-state index in [1.807, 2.05) is 23.8 Å². The maximum Gasteiger partial charge on any atom is 0.161 e. The number of anilines is 1. The zero-order valence-corrected chi connectivity index (χ0v) is 11.6. The van der Waals surface area contributed by atoms with Gasteiger partial charge in [0.15, 0.2) is 5.65 Å². The maximum atomic E-state index is 4.81. The van der Waals surface area contributed by atoms with E-state index in [0.29, 0.717) is 5.92 Å². The minimum absolute atomic E-state index is 0.351. The predicted octanol–water partition coefficient (Wildman–Crippen LogP) is 3.01. The molecular weight excluding hydrogens is 236 g/mol. The topological polar surface area (TPSA) is 33.4 Å². The summed E-state index contributed by atoms with van der Waals surface area (Å²) in [4.78, 5) is 7.17. The molecule has 0 spiro atoms. The predicted molar refractivity (Wildman–Crippen MR) is 77.7 cm³/mol. The first-order valence-corrected chi connectivity index (χ1v) is 7.01. The molecule has 4 heteroatoms. The Morgan fingerprint density at radius 1 is 1.32 bits per heavy atom. The van der Waals surface area contributed by atoms with Crippen LogP contribution in [0.2, 0.25) is 0 Å². The van der Waals surface area contributed by atoms with Gasteiger partial charge in [-0.15, -0.1) is 0 Å². The second kappa shape index (κ2) is 5.03. The van der Waals surface area contributed by atoms with Gasteiger partial charge >= 0.3 is 0 Å². The summed E-state index contributed by atoms with van der Waals surface area (Å²) in [6.07, 6.45) is 10.8. The largest absolute Gasteiger partial charge is 0.357 e. The van der Waals surface area contributed by atoms with E-state index in [1.54, 1.807) is 0 Å². The molecular formula is C15H20N4. The summed E-state index contributed by atoms with van der Waals surface area (Å²) in [5, 5.41) is 4.39. The highest BCUT2D eigenvalue weighted by atomic mass is 15.3. The Kier molecular flexibility index (Phi) is 3.23. The van der Waals surface area contributed by atoms with Crippen LogP contribution < -0.4 is 4.90 Å². The maximum absolute atomic E-state index is 4.81. The Bertz CT molecular complexity index is 593. The molecule has 1 unspecified atom stereocenters. The molecule has 1 aliphatic heterocycles. The summed E-state index contributed by atoms with van der Waals surface area (Å²) in [6, 6.07) is 2.06. The fourth-order valence-corrected chi connectivity index (χ4v) is 2.71. The highest BCUT2D eigenvalue weighted by Crippen LogP contribution is 2.24. The molecule has 2 aromatic rings. The lowest BCUT2D eigenvalue weighted by atomic mass is 10.0. The molecule has 0 N–H and O–H groups in total. The quantitative estimate of drug-likeness (QED) is 0.792. The first kappa shape index (κ1) is 12.2. The Balaban J connectivity index is 2.02. The van der Waals surface area contributed by atoms with Crippen molar-refractivity contribution in [2.75, 3.05) is 18.0 Å². The zero-order chi connectivity index (χ0) is 13.2. The molecule has 3 rings (SSSR count). The van der Waals surface area contributed by atoms with Crippen molar-refractivity contribution in [3.8, 4) is 0 Å². The van der Waals surface area contributed by atoms with Crippen molar-refractivity contribution in [3.05, 3.63) is 36.2 Å². The van der Waals surface area contributed by atoms with Crippen LogP contribution in [0.25, 0.3) is 5.65 Å². The molecule has 0 radical (unpaired) electrons. The van der Waals surface area contributed by atoms with Gasteiger partial charge in [0, 0.05) is 30.8 Å². The van der Waals surface area contributed by atoms with Gasteiger partial charge in [0.25, 0.3) is 0 Å². The monoisotopic (exact) mass is 256 g/mol. The Hall–Kier alpha value is -1.84. The third kappa shape index (κ3) is 2.23. The second-order valence-corrected chi connectivity index (χ2v) is 5.16. The zero-order valence-electron chi connectivity index (χ0n) is 11.6. The molecule has 2 aromatic heterocycles. The van der Waals surface area contributed by atoms with Crippen LogP contribution in [-0.2, 0) is 0 Å². The van der Waals surface area contributed by atoms with E-state index in [-0.39, 0.29) is 0 Å². The van der Waals surface area contributed by atoms with Crippen LogP contribution in [0.4, 0.5) is 5.82 Å². The van der Waals surface area contributed by atoms with Gasteiger partial charge in [0.05, 0.1) is 6.20 Å². The average Bonchev–Trinajstić information content (AvgIpc) is 3.07. The standard InChI is InChI=1S/C15H20N4/c1-3-6-12(2)13-11-16-19-10-7-14(17-15(13)19)18-8-4-5-9-18/h3,6-7,10-12H,4-5,8-9H2,1-2H3/b6-3-. The molecule has 0 amide bonds.